The standard InChI is InChI=1S/C30H38O3/c1-5-30(33)17-22-10-11-24-23(14-15-29(4)26(19(3)32)12-13-27(24)29)25(22)16-28(30)21-8-6-20(7-9-21)18(2)31/h1,6-9,22-28,33H,10-17H2,2-4H3/t22-,23+,24-,25+,26-,27+,28?,29-,30-/m1/s1. The number of rotatable bonds is 3. The molecule has 4 aliphatic carbocycles. The zero-order valence-electron chi connectivity index (χ0n) is 20.3. The third kappa shape index (κ3) is 3.52. The van der Waals surface area contributed by atoms with Crippen molar-refractivity contribution in [3.8, 4) is 12.3 Å². The minimum absolute atomic E-state index is 0.0540. The molecule has 1 aromatic carbocycles. The Morgan fingerprint density at radius 3 is 2.36 bits per heavy atom. The van der Waals surface area contributed by atoms with Gasteiger partial charge in [-0.05, 0) is 106 Å². The van der Waals surface area contributed by atoms with E-state index in [-0.39, 0.29) is 23.0 Å². The first kappa shape index (κ1) is 22.9. The van der Waals surface area contributed by atoms with Crippen LogP contribution in [0.3, 0.4) is 0 Å². The highest BCUT2D eigenvalue weighted by Gasteiger charge is 2.59. The average Bonchev–Trinajstić information content (AvgIpc) is 3.16. The van der Waals surface area contributed by atoms with Crippen molar-refractivity contribution in [3.63, 3.8) is 0 Å². The van der Waals surface area contributed by atoms with Crippen LogP contribution < -0.4 is 0 Å². The van der Waals surface area contributed by atoms with E-state index in [1.54, 1.807) is 13.8 Å². The number of hydrogen-bond donors (Lipinski definition) is 1. The first-order valence-corrected chi connectivity index (χ1v) is 13.0. The number of ketones is 2. The summed E-state index contributed by atoms with van der Waals surface area (Å²) in [6.45, 7) is 5.78. The molecular formula is C30H38O3. The van der Waals surface area contributed by atoms with Crippen molar-refractivity contribution in [1.82, 2.24) is 0 Å². The van der Waals surface area contributed by atoms with Crippen molar-refractivity contribution in [2.45, 2.75) is 83.7 Å². The summed E-state index contributed by atoms with van der Waals surface area (Å²) < 4.78 is 0. The maximum absolute atomic E-state index is 12.4. The number of aliphatic hydroxyl groups is 1. The van der Waals surface area contributed by atoms with Crippen molar-refractivity contribution in [1.29, 1.82) is 0 Å². The van der Waals surface area contributed by atoms with Gasteiger partial charge in [0.1, 0.15) is 11.4 Å². The molecule has 9 atom stereocenters. The van der Waals surface area contributed by atoms with Gasteiger partial charge in [-0.2, -0.15) is 0 Å². The topological polar surface area (TPSA) is 54.4 Å². The van der Waals surface area contributed by atoms with E-state index in [9.17, 15) is 14.7 Å². The second-order valence-corrected chi connectivity index (χ2v) is 12.0. The lowest BCUT2D eigenvalue weighted by molar-refractivity contribution is -0.130. The summed E-state index contributed by atoms with van der Waals surface area (Å²) in [6, 6.07) is 7.74. The normalized spacial score (nSPS) is 44.2. The highest BCUT2D eigenvalue weighted by atomic mass is 16.3. The van der Waals surface area contributed by atoms with Crippen molar-refractivity contribution in [3.05, 3.63) is 35.4 Å². The molecule has 0 saturated heterocycles. The van der Waals surface area contributed by atoms with Gasteiger partial charge >= 0.3 is 0 Å². The largest absolute Gasteiger partial charge is 0.377 e. The lowest BCUT2D eigenvalue weighted by atomic mass is 9.47. The first-order chi connectivity index (χ1) is 15.7. The highest BCUT2D eigenvalue weighted by Crippen LogP contribution is 2.65. The summed E-state index contributed by atoms with van der Waals surface area (Å²) in [5.74, 6) is 6.47. The highest BCUT2D eigenvalue weighted by molar-refractivity contribution is 5.94. The zero-order chi connectivity index (χ0) is 23.5. The fraction of sp³-hybridized carbons (Fsp3) is 0.667. The second kappa shape index (κ2) is 8.09. The summed E-state index contributed by atoms with van der Waals surface area (Å²) in [5.41, 5.74) is 0.805. The second-order valence-electron chi connectivity index (χ2n) is 12.0. The van der Waals surface area contributed by atoms with Crippen LogP contribution in [0.5, 0.6) is 0 Å². The molecule has 0 spiro atoms. The van der Waals surface area contributed by atoms with E-state index >= 15 is 0 Å². The number of Topliss-reactive ketones (excluding diaryl/α,β-unsaturated/α-hetero) is 2. The summed E-state index contributed by atoms with van der Waals surface area (Å²) in [7, 11) is 0. The van der Waals surface area contributed by atoms with E-state index in [4.69, 9.17) is 6.42 Å². The van der Waals surface area contributed by atoms with Gasteiger partial charge in [0.15, 0.2) is 5.78 Å². The number of carbonyl (C=O) groups is 2. The fourth-order valence-corrected chi connectivity index (χ4v) is 9.05. The minimum atomic E-state index is -1.12. The average molecular weight is 447 g/mol. The van der Waals surface area contributed by atoms with E-state index in [1.165, 1.54) is 19.3 Å². The monoisotopic (exact) mass is 446 g/mol. The molecule has 5 rings (SSSR count). The Balaban J connectivity index is 1.43. The van der Waals surface area contributed by atoms with Crippen LogP contribution in [0, 0.1) is 53.3 Å². The van der Waals surface area contributed by atoms with Crippen molar-refractivity contribution in [2.75, 3.05) is 0 Å². The van der Waals surface area contributed by atoms with Crippen molar-refractivity contribution >= 4 is 11.6 Å². The van der Waals surface area contributed by atoms with Crippen LogP contribution >= 0.6 is 0 Å². The molecule has 0 amide bonds. The molecule has 3 nitrogen and oxygen atoms in total. The molecule has 0 aliphatic heterocycles. The number of terminal acetylenes is 1. The Morgan fingerprint density at radius 1 is 1.00 bits per heavy atom. The lowest BCUT2D eigenvalue weighted by Crippen LogP contribution is -2.53. The van der Waals surface area contributed by atoms with E-state index in [0.717, 1.165) is 31.2 Å². The maximum Gasteiger partial charge on any atom is 0.159 e. The van der Waals surface area contributed by atoms with Gasteiger partial charge in [-0.25, -0.2) is 0 Å². The molecule has 0 radical (unpaired) electrons. The summed E-state index contributed by atoms with van der Waals surface area (Å²) in [4.78, 5) is 24.1. The summed E-state index contributed by atoms with van der Waals surface area (Å²) >= 11 is 0. The first-order valence-electron chi connectivity index (χ1n) is 13.0. The van der Waals surface area contributed by atoms with Gasteiger partial charge in [-0.3, -0.25) is 9.59 Å². The lowest BCUT2D eigenvalue weighted by Gasteiger charge is -2.58. The Morgan fingerprint density at radius 2 is 1.73 bits per heavy atom. The van der Waals surface area contributed by atoms with Crippen molar-refractivity contribution in [2.24, 2.45) is 40.9 Å². The van der Waals surface area contributed by atoms with E-state index in [0.29, 0.717) is 47.4 Å². The Kier molecular flexibility index (Phi) is 5.60. The third-order valence-electron chi connectivity index (χ3n) is 10.6. The molecule has 1 unspecified atom stereocenters. The van der Waals surface area contributed by atoms with Gasteiger partial charge in [-0.15, -0.1) is 6.42 Å². The Bertz CT molecular complexity index is 987. The van der Waals surface area contributed by atoms with Gasteiger partial charge < -0.3 is 5.11 Å². The predicted octanol–water partition coefficient (Wildman–Crippen LogP) is 5.80. The van der Waals surface area contributed by atoms with Crippen LogP contribution in [-0.4, -0.2) is 22.3 Å². The summed E-state index contributed by atoms with van der Waals surface area (Å²) in [5, 5.41) is 11.6. The molecule has 4 fully saturated rings. The Labute approximate surface area is 198 Å². The van der Waals surface area contributed by atoms with Crippen LogP contribution in [0.25, 0.3) is 0 Å². The molecular weight excluding hydrogens is 408 g/mol. The number of carbonyl (C=O) groups excluding carboxylic acids is 2. The zero-order valence-corrected chi connectivity index (χ0v) is 20.3. The molecule has 0 bridgehead atoms. The SMILES string of the molecule is C#C[C@@]1(O)C[C@H]2CC[C@@H]3[C@H](CC[C@]4(C)[C@@H](C(C)=O)CC[C@@H]34)[C@H]2CC1c1ccc(C(C)=O)cc1. The van der Waals surface area contributed by atoms with Gasteiger partial charge in [0.2, 0.25) is 0 Å². The van der Waals surface area contributed by atoms with Gasteiger partial charge in [0.05, 0.1) is 0 Å². The van der Waals surface area contributed by atoms with E-state index in [2.05, 4.69) is 12.8 Å². The van der Waals surface area contributed by atoms with Gasteiger partial charge in [0, 0.05) is 17.4 Å². The van der Waals surface area contributed by atoms with Crippen molar-refractivity contribution < 1.29 is 14.7 Å². The Hall–Kier alpha value is -1.92. The van der Waals surface area contributed by atoms with Crippen LogP contribution in [0.15, 0.2) is 24.3 Å². The van der Waals surface area contributed by atoms with E-state index < -0.39 is 5.60 Å². The molecule has 1 aromatic rings. The number of fused-ring (bicyclic) bond motifs is 5. The maximum atomic E-state index is 12.4. The molecule has 3 heteroatoms. The van der Waals surface area contributed by atoms with Crippen LogP contribution in [0.1, 0.15) is 94.0 Å². The van der Waals surface area contributed by atoms with Crippen LogP contribution in [0.4, 0.5) is 0 Å². The molecule has 4 aliphatic rings. The van der Waals surface area contributed by atoms with Crippen LogP contribution in [0.2, 0.25) is 0 Å². The fourth-order valence-electron chi connectivity index (χ4n) is 9.05. The molecule has 1 N–H and O–H groups in total. The van der Waals surface area contributed by atoms with Gasteiger partial charge in [-0.1, -0.05) is 37.1 Å². The van der Waals surface area contributed by atoms with Gasteiger partial charge in [0.25, 0.3) is 0 Å². The van der Waals surface area contributed by atoms with E-state index in [1.807, 2.05) is 24.3 Å². The molecule has 33 heavy (non-hydrogen) atoms. The number of benzene rings is 1. The summed E-state index contributed by atoms with van der Waals surface area (Å²) in [6.07, 6.45) is 14.5. The molecule has 0 heterocycles. The minimum Gasteiger partial charge on any atom is -0.377 e. The molecule has 176 valence electrons. The smallest absolute Gasteiger partial charge is 0.159 e. The molecule has 0 aromatic heterocycles. The van der Waals surface area contributed by atoms with Crippen LogP contribution in [-0.2, 0) is 4.79 Å². The predicted molar refractivity (Wildman–Crippen MR) is 130 cm³/mol. The third-order valence-corrected chi connectivity index (χ3v) is 10.6. The molecule has 4 saturated carbocycles. The number of hydrogen-bond acceptors (Lipinski definition) is 3. The quantitative estimate of drug-likeness (QED) is 0.471.